The second-order valence-electron chi connectivity index (χ2n) is 6.56. The van der Waals surface area contributed by atoms with E-state index in [0.717, 1.165) is 31.8 Å². The molecule has 2 aromatic rings. The summed E-state index contributed by atoms with van der Waals surface area (Å²) in [6.45, 7) is 6.26. The molecule has 27 heavy (non-hydrogen) atoms. The van der Waals surface area contributed by atoms with Gasteiger partial charge in [0.2, 0.25) is 0 Å². The maximum atomic E-state index is 10.4. The molecule has 0 fully saturated rings. The van der Waals surface area contributed by atoms with Gasteiger partial charge in [0.15, 0.2) is 5.96 Å². The van der Waals surface area contributed by atoms with E-state index in [1.165, 1.54) is 11.1 Å². The van der Waals surface area contributed by atoms with Crippen molar-refractivity contribution in [3.63, 3.8) is 0 Å². The molecule has 2 heterocycles. The molecule has 3 rings (SSSR count). The number of furan rings is 1. The van der Waals surface area contributed by atoms with Crippen LogP contribution in [0.5, 0.6) is 0 Å². The summed E-state index contributed by atoms with van der Waals surface area (Å²) in [7, 11) is 0. The predicted molar refractivity (Wildman–Crippen MR) is 118 cm³/mol. The smallest absolute Gasteiger partial charge is 0.191 e. The van der Waals surface area contributed by atoms with Gasteiger partial charge in [-0.25, -0.2) is 4.99 Å². The summed E-state index contributed by atoms with van der Waals surface area (Å²) in [5.74, 6) is 1.50. The number of β-amino-alcohol motifs (C(OH)–C–C–N with tert-alkyl or cyclic N) is 1. The lowest BCUT2D eigenvalue weighted by Gasteiger charge is -2.30. The summed E-state index contributed by atoms with van der Waals surface area (Å²) in [6.07, 6.45) is 2.24. The number of nitrogens with zero attached hydrogens (tertiary/aromatic N) is 2. The van der Waals surface area contributed by atoms with Crippen molar-refractivity contribution in [1.82, 2.24) is 15.5 Å². The molecule has 7 heteroatoms. The summed E-state index contributed by atoms with van der Waals surface area (Å²) >= 11 is 0. The van der Waals surface area contributed by atoms with E-state index in [0.29, 0.717) is 25.6 Å². The average molecular weight is 484 g/mol. The maximum absolute atomic E-state index is 10.4. The van der Waals surface area contributed by atoms with Gasteiger partial charge in [0.05, 0.1) is 12.4 Å². The first-order valence-corrected chi connectivity index (χ1v) is 9.26. The van der Waals surface area contributed by atoms with Crippen molar-refractivity contribution in [2.45, 2.75) is 32.5 Å². The van der Waals surface area contributed by atoms with Gasteiger partial charge in [-0.05, 0) is 36.6 Å². The molecule has 6 nitrogen and oxygen atoms in total. The first-order chi connectivity index (χ1) is 12.7. The summed E-state index contributed by atoms with van der Waals surface area (Å²) in [4.78, 5) is 6.79. The minimum absolute atomic E-state index is 0. The Labute approximate surface area is 178 Å². The van der Waals surface area contributed by atoms with Crippen LogP contribution in [-0.4, -0.2) is 48.2 Å². The van der Waals surface area contributed by atoms with E-state index < -0.39 is 6.10 Å². The molecule has 3 N–H and O–H groups in total. The Morgan fingerprint density at radius 2 is 2.04 bits per heavy atom. The highest BCUT2D eigenvalue weighted by Gasteiger charge is 2.18. The lowest BCUT2D eigenvalue weighted by molar-refractivity contribution is 0.108. The van der Waals surface area contributed by atoms with E-state index in [-0.39, 0.29) is 24.0 Å². The van der Waals surface area contributed by atoms with Crippen molar-refractivity contribution in [2.24, 2.45) is 4.99 Å². The minimum Gasteiger partial charge on any atom is -0.467 e. The summed E-state index contributed by atoms with van der Waals surface area (Å²) in [5.41, 5.74) is 2.79. The molecule has 0 amide bonds. The Morgan fingerprint density at radius 1 is 1.22 bits per heavy atom. The first-order valence-electron chi connectivity index (χ1n) is 9.26. The second-order valence-corrected chi connectivity index (χ2v) is 6.56. The Kier molecular flexibility index (Phi) is 9.09. The largest absolute Gasteiger partial charge is 0.467 e. The third-order valence-corrected chi connectivity index (χ3v) is 4.50. The van der Waals surface area contributed by atoms with E-state index in [2.05, 4.69) is 44.8 Å². The van der Waals surface area contributed by atoms with Crippen molar-refractivity contribution in [2.75, 3.05) is 26.2 Å². The van der Waals surface area contributed by atoms with Crippen molar-refractivity contribution >= 4 is 29.9 Å². The quantitative estimate of drug-likeness (QED) is 0.320. The summed E-state index contributed by atoms with van der Waals surface area (Å²) < 4.78 is 5.30. The highest BCUT2D eigenvalue weighted by molar-refractivity contribution is 14.0. The van der Waals surface area contributed by atoms with Gasteiger partial charge in [0.25, 0.3) is 0 Å². The summed E-state index contributed by atoms with van der Waals surface area (Å²) in [5, 5.41) is 16.8. The number of fused-ring (bicyclic) bond motifs is 1. The van der Waals surface area contributed by atoms with Crippen LogP contribution >= 0.6 is 24.0 Å². The second kappa shape index (κ2) is 11.3. The number of hydrogen-bond donors (Lipinski definition) is 3. The van der Waals surface area contributed by atoms with Crippen LogP contribution in [0.4, 0.5) is 0 Å². The highest BCUT2D eigenvalue weighted by Crippen LogP contribution is 2.18. The number of aliphatic imine (C=N–C) groups is 1. The Hall–Kier alpha value is -1.58. The van der Waals surface area contributed by atoms with Crippen LogP contribution < -0.4 is 10.6 Å². The zero-order chi connectivity index (χ0) is 18.2. The van der Waals surface area contributed by atoms with Crippen LogP contribution in [0.15, 0.2) is 52.1 Å². The van der Waals surface area contributed by atoms with E-state index in [1.807, 2.05) is 19.1 Å². The molecule has 1 aromatic heterocycles. The van der Waals surface area contributed by atoms with Crippen LogP contribution in [0.3, 0.4) is 0 Å². The number of benzene rings is 1. The van der Waals surface area contributed by atoms with E-state index in [9.17, 15) is 5.11 Å². The molecule has 1 aliphatic rings. The third kappa shape index (κ3) is 6.82. The Morgan fingerprint density at radius 3 is 2.78 bits per heavy atom. The molecular formula is C20H29IN4O2. The van der Waals surface area contributed by atoms with Gasteiger partial charge < -0.3 is 20.2 Å². The third-order valence-electron chi connectivity index (χ3n) is 4.50. The molecule has 0 saturated carbocycles. The normalized spacial score (nSPS) is 15.6. The standard InChI is InChI=1S/C20H28N4O2.HI/c1-2-21-20(23-13-19-8-5-11-26-19)22-12-18(25)15-24-10-9-16-6-3-4-7-17(16)14-24;/h3-8,11,18,25H,2,9-10,12-15H2,1H3,(H2,21,22,23);1H. The molecule has 1 aromatic carbocycles. The Bertz CT molecular complexity index is 706. The highest BCUT2D eigenvalue weighted by atomic mass is 127. The van der Waals surface area contributed by atoms with E-state index >= 15 is 0 Å². The number of nitrogens with one attached hydrogen (secondary N) is 2. The van der Waals surface area contributed by atoms with Gasteiger partial charge >= 0.3 is 0 Å². The number of aliphatic hydroxyl groups is 1. The molecule has 1 aliphatic heterocycles. The van der Waals surface area contributed by atoms with E-state index in [1.54, 1.807) is 6.26 Å². The molecule has 0 radical (unpaired) electrons. The fraction of sp³-hybridized carbons (Fsp3) is 0.450. The van der Waals surface area contributed by atoms with Crippen LogP contribution in [0.25, 0.3) is 0 Å². The predicted octanol–water partition coefficient (Wildman–Crippen LogP) is 2.37. The van der Waals surface area contributed by atoms with Crippen LogP contribution in [0.1, 0.15) is 23.8 Å². The van der Waals surface area contributed by atoms with Gasteiger partial charge in [-0.2, -0.15) is 0 Å². The molecule has 1 atom stereocenters. The van der Waals surface area contributed by atoms with E-state index in [4.69, 9.17) is 4.42 Å². The number of guanidine groups is 1. The van der Waals surface area contributed by atoms with Crippen LogP contribution in [0.2, 0.25) is 0 Å². The zero-order valence-electron chi connectivity index (χ0n) is 15.7. The minimum atomic E-state index is -0.451. The monoisotopic (exact) mass is 484 g/mol. The topological polar surface area (TPSA) is 73.0 Å². The fourth-order valence-corrected chi connectivity index (χ4v) is 3.19. The van der Waals surface area contributed by atoms with Gasteiger partial charge in [0.1, 0.15) is 12.3 Å². The van der Waals surface area contributed by atoms with Crippen molar-refractivity contribution in [1.29, 1.82) is 0 Å². The van der Waals surface area contributed by atoms with Crippen molar-refractivity contribution in [3.8, 4) is 0 Å². The Balaban J connectivity index is 0.00000261. The summed E-state index contributed by atoms with van der Waals surface area (Å²) in [6, 6.07) is 12.3. The zero-order valence-corrected chi connectivity index (χ0v) is 18.1. The molecule has 148 valence electrons. The van der Waals surface area contributed by atoms with Gasteiger partial charge in [-0.3, -0.25) is 4.90 Å². The molecular weight excluding hydrogens is 455 g/mol. The number of hydrogen-bond acceptors (Lipinski definition) is 4. The number of halogens is 1. The molecule has 0 bridgehead atoms. The van der Waals surface area contributed by atoms with Crippen LogP contribution in [0, 0.1) is 0 Å². The average Bonchev–Trinajstić information content (AvgIpc) is 3.17. The molecule has 0 saturated heterocycles. The van der Waals surface area contributed by atoms with Crippen LogP contribution in [-0.2, 0) is 19.5 Å². The van der Waals surface area contributed by atoms with Crippen molar-refractivity contribution in [3.05, 3.63) is 59.5 Å². The SMILES string of the molecule is CCNC(=NCc1ccco1)NCC(O)CN1CCc2ccccc2C1.I. The first kappa shape index (κ1) is 21.7. The molecule has 0 spiro atoms. The lowest BCUT2D eigenvalue weighted by Crippen LogP contribution is -2.45. The maximum Gasteiger partial charge on any atom is 0.191 e. The lowest BCUT2D eigenvalue weighted by atomic mass is 10.00. The number of rotatable bonds is 7. The van der Waals surface area contributed by atoms with Gasteiger partial charge in [-0.15, -0.1) is 24.0 Å². The number of aliphatic hydroxyl groups excluding tert-OH is 1. The van der Waals surface area contributed by atoms with Gasteiger partial charge in [-0.1, -0.05) is 24.3 Å². The molecule has 1 unspecified atom stereocenters. The van der Waals surface area contributed by atoms with Gasteiger partial charge in [0, 0.05) is 32.7 Å². The van der Waals surface area contributed by atoms with Crippen molar-refractivity contribution < 1.29 is 9.52 Å². The molecule has 0 aliphatic carbocycles. The fourth-order valence-electron chi connectivity index (χ4n) is 3.19.